The van der Waals surface area contributed by atoms with Gasteiger partial charge in [-0.3, -0.25) is 14.3 Å². The van der Waals surface area contributed by atoms with Crippen LogP contribution in [-0.2, 0) is 17.9 Å². The van der Waals surface area contributed by atoms with Crippen LogP contribution < -0.4 is 27.2 Å². The van der Waals surface area contributed by atoms with Gasteiger partial charge in [-0.1, -0.05) is 37.6 Å². The summed E-state index contributed by atoms with van der Waals surface area (Å²) in [6, 6.07) is 7.61. The lowest BCUT2D eigenvalue weighted by Gasteiger charge is -2.32. The van der Waals surface area contributed by atoms with Gasteiger partial charge in [0.2, 0.25) is 5.91 Å². The molecule has 2 aromatic heterocycles. The standard InChI is InChI=1S/C27H40N8O4/c1-2-3-14-39-26-32-23(29)22-24(33-26)35(27(38)31-22)16-20-6-4-19(5-7-20)15-34-12-9-18(10-13-34)8-11-30-25(37)21(28)17-36/h4-7,18,21,36H,2-3,8-17,28H2,1H3,(H,30,37)(H,31,38)(H2,29,32,33)/t21-/m0/s1. The molecule has 0 unspecified atom stereocenters. The van der Waals surface area contributed by atoms with E-state index in [1.165, 1.54) is 5.56 Å². The van der Waals surface area contributed by atoms with E-state index in [9.17, 15) is 9.59 Å². The number of hydrogen-bond acceptors (Lipinski definition) is 9. The van der Waals surface area contributed by atoms with Crippen molar-refractivity contribution < 1.29 is 14.6 Å². The van der Waals surface area contributed by atoms with Gasteiger partial charge < -0.3 is 31.6 Å². The van der Waals surface area contributed by atoms with Gasteiger partial charge >= 0.3 is 11.7 Å². The average molecular weight is 541 g/mol. The lowest BCUT2D eigenvalue weighted by molar-refractivity contribution is -0.123. The number of imidazole rings is 1. The molecule has 3 heterocycles. The predicted molar refractivity (Wildman–Crippen MR) is 149 cm³/mol. The maximum absolute atomic E-state index is 12.7. The summed E-state index contributed by atoms with van der Waals surface area (Å²) in [5, 5.41) is 11.8. The van der Waals surface area contributed by atoms with Gasteiger partial charge in [-0.2, -0.15) is 9.97 Å². The smallest absolute Gasteiger partial charge is 0.328 e. The molecule has 1 aliphatic rings. The predicted octanol–water partition coefficient (Wildman–Crippen LogP) is 0.967. The number of unbranched alkanes of at least 4 members (excludes halogenated alkanes) is 1. The first kappa shape index (κ1) is 28.5. The largest absolute Gasteiger partial charge is 0.463 e. The van der Waals surface area contributed by atoms with E-state index in [1.807, 2.05) is 12.1 Å². The number of H-pyrrole nitrogens is 1. The number of benzene rings is 1. The number of rotatable bonds is 13. The van der Waals surface area contributed by atoms with Gasteiger partial charge in [-0.25, -0.2) is 4.79 Å². The number of aliphatic hydroxyl groups is 1. The van der Waals surface area contributed by atoms with Crippen LogP contribution in [0.3, 0.4) is 0 Å². The average Bonchev–Trinajstić information content (AvgIpc) is 3.25. The first-order valence-corrected chi connectivity index (χ1v) is 13.7. The quantitative estimate of drug-likeness (QED) is 0.198. The zero-order valence-electron chi connectivity index (χ0n) is 22.6. The van der Waals surface area contributed by atoms with Crippen molar-refractivity contribution in [3.05, 3.63) is 45.9 Å². The van der Waals surface area contributed by atoms with E-state index in [0.29, 0.717) is 36.8 Å². The zero-order chi connectivity index (χ0) is 27.8. The highest BCUT2D eigenvalue weighted by Crippen LogP contribution is 2.22. The van der Waals surface area contributed by atoms with Crippen molar-refractivity contribution in [2.75, 3.05) is 38.6 Å². The lowest BCUT2D eigenvalue weighted by atomic mass is 9.93. The molecule has 39 heavy (non-hydrogen) atoms. The summed E-state index contributed by atoms with van der Waals surface area (Å²) in [4.78, 5) is 38.2. The number of nitrogen functional groups attached to an aromatic ring is 1. The van der Waals surface area contributed by atoms with Crippen LogP contribution in [0, 0.1) is 5.92 Å². The number of likely N-dealkylation sites (tertiary alicyclic amines) is 1. The number of carbonyl (C=O) groups excluding carboxylic acids is 1. The number of aliphatic hydroxyl groups excluding tert-OH is 1. The minimum atomic E-state index is -0.850. The van der Waals surface area contributed by atoms with Gasteiger partial charge in [0.1, 0.15) is 11.6 Å². The number of nitrogens with zero attached hydrogens (tertiary/aromatic N) is 4. The van der Waals surface area contributed by atoms with Crippen LogP contribution in [-0.4, -0.2) is 74.3 Å². The molecule has 12 heteroatoms. The second-order valence-electron chi connectivity index (χ2n) is 10.2. The summed E-state index contributed by atoms with van der Waals surface area (Å²) in [7, 11) is 0. The normalized spacial score (nSPS) is 15.5. The van der Waals surface area contributed by atoms with Gasteiger partial charge in [0, 0.05) is 13.1 Å². The van der Waals surface area contributed by atoms with Crippen molar-refractivity contribution in [1.82, 2.24) is 29.7 Å². The van der Waals surface area contributed by atoms with Crippen LogP contribution >= 0.6 is 0 Å². The number of aromatic nitrogens is 4. The molecule has 0 bridgehead atoms. The molecule has 1 aliphatic heterocycles. The number of aromatic amines is 1. The third kappa shape index (κ3) is 7.55. The monoisotopic (exact) mass is 540 g/mol. The summed E-state index contributed by atoms with van der Waals surface area (Å²) in [5.74, 6) is 0.461. The number of anilines is 1. The Bertz CT molecular complexity index is 1280. The maximum Gasteiger partial charge on any atom is 0.328 e. The molecule has 0 spiro atoms. The highest BCUT2D eigenvalue weighted by Gasteiger charge is 2.20. The van der Waals surface area contributed by atoms with Crippen LogP contribution in [0.4, 0.5) is 5.82 Å². The summed E-state index contributed by atoms with van der Waals surface area (Å²) < 4.78 is 7.18. The van der Waals surface area contributed by atoms with Crippen molar-refractivity contribution in [3.63, 3.8) is 0 Å². The van der Waals surface area contributed by atoms with Gasteiger partial charge in [0.15, 0.2) is 11.5 Å². The Morgan fingerprint density at radius 2 is 1.90 bits per heavy atom. The van der Waals surface area contributed by atoms with Crippen molar-refractivity contribution in [3.8, 4) is 6.01 Å². The fraction of sp³-hybridized carbons (Fsp3) is 0.556. The Balaban J connectivity index is 1.29. The van der Waals surface area contributed by atoms with E-state index in [2.05, 4.69) is 44.2 Å². The van der Waals surface area contributed by atoms with E-state index in [-0.39, 0.29) is 30.0 Å². The molecular weight excluding hydrogens is 500 g/mol. The third-order valence-electron chi connectivity index (χ3n) is 7.22. The zero-order valence-corrected chi connectivity index (χ0v) is 22.6. The molecule has 0 aliphatic carbocycles. The number of nitrogens with one attached hydrogen (secondary N) is 2. The number of amides is 1. The number of ether oxygens (including phenoxy) is 1. The highest BCUT2D eigenvalue weighted by molar-refractivity contribution is 5.82. The Morgan fingerprint density at radius 3 is 2.56 bits per heavy atom. The van der Waals surface area contributed by atoms with Crippen molar-refractivity contribution in [2.45, 2.75) is 58.2 Å². The van der Waals surface area contributed by atoms with Crippen LogP contribution in [0.5, 0.6) is 6.01 Å². The molecule has 1 aromatic carbocycles. The van der Waals surface area contributed by atoms with Crippen molar-refractivity contribution in [2.24, 2.45) is 11.7 Å². The second-order valence-corrected chi connectivity index (χ2v) is 10.2. The molecule has 1 saturated heterocycles. The van der Waals surface area contributed by atoms with E-state index in [4.69, 9.17) is 21.3 Å². The number of fused-ring (bicyclic) bond motifs is 1. The van der Waals surface area contributed by atoms with E-state index < -0.39 is 6.04 Å². The Kier molecular flexibility index (Phi) is 9.90. The molecule has 12 nitrogen and oxygen atoms in total. The third-order valence-corrected chi connectivity index (χ3v) is 7.22. The van der Waals surface area contributed by atoms with Crippen LogP contribution in [0.15, 0.2) is 29.1 Å². The molecule has 3 aromatic rings. The summed E-state index contributed by atoms with van der Waals surface area (Å²) in [6.45, 7) is 6.05. The topological polar surface area (TPSA) is 177 Å². The Labute approximate surface area is 227 Å². The SMILES string of the molecule is CCCCOc1nc(N)c2[nH]c(=O)n(Cc3ccc(CN4CCC(CCNC(=O)[C@@H](N)CO)CC4)cc3)c2n1. The van der Waals surface area contributed by atoms with Gasteiger partial charge in [0.05, 0.1) is 19.8 Å². The first-order chi connectivity index (χ1) is 18.9. The maximum atomic E-state index is 12.7. The summed E-state index contributed by atoms with van der Waals surface area (Å²) >= 11 is 0. The molecular formula is C27H40N8O4. The molecule has 1 amide bonds. The van der Waals surface area contributed by atoms with E-state index in [1.54, 1.807) is 4.57 Å². The number of piperidine rings is 1. The van der Waals surface area contributed by atoms with Crippen LogP contribution in [0.1, 0.15) is 50.2 Å². The lowest BCUT2D eigenvalue weighted by Crippen LogP contribution is -2.43. The van der Waals surface area contributed by atoms with E-state index in [0.717, 1.165) is 57.3 Å². The molecule has 0 saturated carbocycles. The van der Waals surface area contributed by atoms with Crippen LogP contribution in [0.25, 0.3) is 11.2 Å². The fourth-order valence-electron chi connectivity index (χ4n) is 4.79. The highest BCUT2D eigenvalue weighted by atomic mass is 16.5. The molecule has 1 fully saturated rings. The van der Waals surface area contributed by atoms with Gasteiger partial charge in [0.25, 0.3) is 0 Å². The molecule has 4 rings (SSSR count). The molecule has 0 radical (unpaired) electrons. The first-order valence-electron chi connectivity index (χ1n) is 13.7. The van der Waals surface area contributed by atoms with Crippen LogP contribution in [0.2, 0.25) is 0 Å². The summed E-state index contributed by atoms with van der Waals surface area (Å²) in [6.07, 6.45) is 4.96. The van der Waals surface area contributed by atoms with Gasteiger partial charge in [-0.05, 0) is 55.8 Å². The van der Waals surface area contributed by atoms with Crippen molar-refractivity contribution >= 4 is 22.9 Å². The summed E-state index contributed by atoms with van der Waals surface area (Å²) in [5.41, 5.74) is 14.3. The minimum Gasteiger partial charge on any atom is -0.463 e. The number of carbonyl (C=O) groups is 1. The number of hydrogen-bond donors (Lipinski definition) is 5. The fourth-order valence-corrected chi connectivity index (χ4v) is 4.79. The molecule has 7 N–H and O–H groups in total. The van der Waals surface area contributed by atoms with E-state index >= 15 is 0 Å². The molecule has 1 atom stereocenters. The van der Waals surface area contributed by atoms with Crippen molar-refractivity contribution in [1.29, 1.82) is 0 Å². The number of nitrogens with two attached hydrogens (primary N) is 2. The molecule has 212 valence electrons. The Morgan fingerprint density at radius 1 is 1.21 bits per heavy atom. The minimum absolute atomic E-state index is 0.177. The van der Waals surface area contributed by atoms with Gasteiger partial charge in [-0.15, -0.1) is 0 Å². The second kappa shape index (κ2) is 13.5. The Hall–Kier alpha value is -3.48.